The number of benzene rings is 2. The lowest BCUT2D eigenvalue weighted by Gasteiger charge is -2.26. The van der Waals surface area contributed by atoms with Gasteiger partial charge in [-0.15, -0.1) is 0 Å². The van der Waals surface area contributed by atoms with Gasteiger partial charge in [0.2, 0.25) is 0 Å². The average molecular weight is 433 g/mol. The third-order valence-corrected chi connectivity index (χ3v) is 8.08. The molecule has 2 fully saturated rings. The summed E-state index contributed by atoms with van der Waals surface area (Å²) in [5, 5.41) is 4.41. The topological polar surface area (TPSA) is 63.3 Å². The largest absolute Gasteiger partial charge is 0.399 e. The molecule has 2 aliphatic carbocycles. The summed E-state index contributed by atoms with van der Waals surface area (Å²) < 4.78 is 1.13. The number of aliphatic imine (C=N–C) groups is 1. The van der Waals surface area contributed by atoms with Crippen molar-refractivity contribution in [1.29, 1.82) is 0 Å². The van der Waals surface area contributed by atoms with Crippen molar-refractivity contribution >= 4 is 43.8 Å². The molecule has 2 aromatic carbocycles. The first-order chi connectivity index (χ1) is 15.2. The zero-order valence-corrected chi connectivity index (χ0v) is 19.0. The van der Waals surface area contributed by atoms with E-state index in [0.29, 0.717) is 5.41 Å². The summed E-state index contributed by atoms with van der Waals surface area (Å²) in [6.45, 7) is 0.866. The van der Waals surface area contributed by atoms with E-state index < -0.39 is 0 Å². The van der Waals surface area contributed by atoms with Crippen LogP contribution in [0.2, 0.25) is 0 Å². The van der Waals surface area contributed by atoms with Crippen LogP contribution < -0.4 is 11.1 Å². The van der Waals surface area contributed by atoms with Gasteiger partial charge in [-0.2, -0.15) is 0 Å². The summed E-state index contributed by atoms with van der Waals surface area (Å²) in [6.07, 6.45) is 13.2. The fraction of sp³-hybridized carbons (Fsp3) is 0.462. The smallest absolute Gasteiger partial charge is 0.183 e. The van der Waals surface area contributed by atoms with Crippen molar-refractivity contribution in [2.45, 2.75) is 64.2 Å². The van der Waals surface area contributed by atoms with Crippen LogP contribution in [0.25, 0.3) is 10.2 Å². The van der Waals surface area contributed by atoms with E-state index >= 15 is 0 Å². The molecule has 5 rings (SSSR count). The first-order valence-electron chi connectivity index (χ1n) is 11.7. The Bertz CT molecular complexity index is 1060. The van der Waals surface area contributed by atoms with Crippen LogP contribution in [-0.2, 0) is 6.42 Å². The van der Waals surface area contributed by atoms with E-state index in [1.54, 1.807) is 11.3 Å². The molecule has 0 atom stereocenters. The molecule has 3 N–H and O–H groups in total. The van der Waals surface area contributed by atoms with Gasteiger partial charge in [0.05, 0.1) is 15.9 Å². The first kappa shape index (κ1) is 20.5. The second kappa shape index (κ2) is 8.99. The lowest BCUT2D eigenvalue weighted by Crippen LogP contribution is -2.14. The Morgan fingerprint density at radius 1 is 0.968 bits per heavy atom. The van der Waals surface area contributed by atoms with Crippen LogP contribution in [0.4, 0.5) is 16.5 Å². The van der Waals surface area contributed by atoms with E-state index in [0.717, 1.165) is 39.7 Å². The minimum Gasteiger partial charge on any atom is -0.399 e. The number of rotatable bonds is 5. The Morgan fingerprint density at radius 2 is 1.77 bits per heavy atom. The fourth-order valence-corrected chi connectivity index (χ4v) is 6.25. The molecule has 1 heterocycles. The molecule has 5 heteroatoms. The number of fused-ring (bicyclic) bond motifs is 1. The number of nitrogens with zero attached hydrogens (tertiary/aromatic N) is 2. The van der Waals surface area contributed by atoms with E-state index in [4.69, 9.17) is 10.7 Å². The monoisotopic (exact) mass is 432 g/mol. The second-order valence-corrected chi connectivity index (χ2v) is 10.4. The van der Waals surface area contributed by atoms with Crippen LogP contribution in [-0.4, -0.2) is 17.2 Å². The Hall–Kier alpha value is -2.40. The summed E-state index contributed by atoms with van der Waals surface area (Å²) in [5.41, 5.74) is 12.2. The quantitative estimate of drug-likeness (QED) is 0.421. The SMILES string of the molecule is Nc1ccc2nc(NCCc3ccc(N=C4CCCC5(CCCC5)CC4)cc3)sc2c1. The van der Waals surface area contributed by atoms with E-state index in [2.05, 4.69) is 34.6 Å². The Balaban J connectivity index is 1.15. The van der Waals surface area contributed by atoms with E-state index in [9.17, 15) is 0 Å². The number of hydrogen-bond acceptors (Lipinski definition) is 5. The number of nitrogens with two attached hydrogens (primary N) is 1. The van der Waals surface area contributed by atoms with Crippen LogP contribution in [0.15, 0.2) is 47.5 Å². The van der Waals surface area contributed by atoms with Crippen molar-refractivity contribution < 1.29 is 0 Å². The number of nitrogen functional groups attached to an aromatic ring is 1. The Kier molecular flexibility index (Phi) is 5.95. The maximum atomic E-state index is 5.86. The molecule has 2 aliphatic rings. The van der Waals surface area contributed by atoms with E-state index in [1.165, 1.54) is 69.1 Å². The third kappa shape index (κ3) is 4.93. The fourth-order valence-electron chi connectivity index (χ4n) is 5.31. The van der Waals surface area contributed by atoms with E-state index in [-0.39, 0.29) is 0 Å². The zero-order chi connectivity index (χ0) is 21.1. The molecule has 0 aliphatic heterocycles. The summed E-state index contributed by atoms with van der Waals surface area (Å²) in [4.78, 5) is 9.65. The molecule has 3 aromatic rings. The maximum Gasteiger partial charge on any atom is 0.183 e. The number of aromatic nitrogens is 1. The first-order valence-corrected chi connectivity index (χ1v) is 12.5. The molecule has 162 valence electrons. The van der Waals surface area contributed by atoms with Gasteiger partial charge in [0, 0.05) is 17.9 Å². The van der Waals surface area contributed by atoms with Crippen LogP contribution >= 0.6 is 11.3 Å². The molecule has 0 amide bonds. The van der Waals surface area contributed by atoms with Crippen molar-refractivity contribution in [2.75, 3.05) is 17.6 Å². The van der Waals surface area contributed by atoms with Gasteiger partial charge in [-0.05, 0) is 92.7 Å². The molecule has 31 heavy (non-hydrogen) atoms. The third-order valence-electron chi connectivity index (χ3n) is 7.11. The summed E-state index contributed by atoms with van der Waals surface area (Å²) in [5.74, 6) is 0. The highest BCUT2D eigenvalue weighted by Gasteiger charge is 2.34. The highest BCUT2D eigenvalue weighted by molar-refractivity contribution is 7.22. The summed E-state index contributed by atoms with van der Waals surface area (Å²) >= 11 is 1.66. The molecule has 1 spiro atoms. The van der Waals surface area contributed by atoms with Gasteiger partial charge >= 0.3 is 0 Å². The minimum atomic E-state index is 0.657. The molecular weight excluding hydrogens is 400 g/mol. The van der Waals surface area contributed by atoms with Crippen molar-refractivity contribution in [3.8, 4) is 0 Å². The normalized spacial score (nSPS) is 19.8. The zero-order valence-electron chi connectivity index (χ0n) is 18.2. The van der Waals surface area contributed by atoms with Crippen molar-refractivity contribution in [3.63, 3.8) is 0 Å². The predicted octanol–water partition coefficient (Wildman–Crippen LogP) is 7.13. The molecule has 4 nitrogen and oxygen atoms in total. The predicted molar refractivity (Wildman–Crippen MR) is 134 cm³/mol. The second-order valence-electron chi connectivity index (χ2n) is 9.33. The van der Waals surface area contributed by atoms with Crippen molar-refractivity contribution in [1.82, 2.24) is 4.98 Å². The van der Waals surface area contributed by atoms with Gasteiger partial charge in [0.15, 0.2) is 5.13 Å². The van der Waals surface area contributed by atoms with Gasteiger partial charge in [0.25, 0.3) is 0 Å². The number of anilines is 2. The average Bonchev–Trinajstić information content (AvgIpc) is 3.34. The van der Waals surface area contributed by atoms with Gasteiger partial charge in [0.1, 0.15) is 0 Å². The van der Waals surface area contributed by atoms with Gasteiger partial charge in [-0.25, -0.2) is 4.98 Å². The van der Waals surface area contributed by atoms with Gasteiger partial charge in [-0.3, -0.25) is 4.99 Å². The summed E-state index contributed by atoms with van der Waals surface area (Å²) in [7, 11) is 0. The van der Waals surface area contributed by atoms with Crippen molar-refractivity contribution in [3.05, 3.63) is 48.0 Å². The molecule has 1 aromatic heterocycles. The molecular formula is C26H32N4S. The number of nitrogens with one attached hydrogen (secondary N) is 1. The van der Waals surface area contributed by atoms with Crippen molar-refractivity contribution in [2.24, 2.45) is 10.4 Å². The highest BCUT2D eigenvalue weighted by Crippen LogP contribution is 2.47. The Labute approximate surface area is 189 Å². The molecule has 2 saturated carbocycles. The van der Waals surface area contributed by atoms with Crippen LogP contribution in [0.3, 0.4) is 0 Å². The van der Waals surface area contributed by atoms with Crippen LogP contribution in [0, 0.1) is 5.41 Å². The molecule has 0 saturated heterocycles. The van der Waals surface area contributed by atoms with Gasteiger partial charge < -0.3 is 11.1 Å². The van der Waals surface area contributed by atoms with Crippen LogP contribution in [0.1, 0.15) is 63.4 Å². The number of thiazole rings is 1. The maximum absolute atomic E-state index is 5.86. The number of hydrogen-bond donors (Lipinski definition) is 2. The summed E-state index contributed by atoms with van der Waals surface area (Å²) in [6, 6.07) is 14.7. The molecule has 0 bridgehead atoms. The molecule has 0 unspecified atom stereocenters. The lowest BCUT2D eigenvalue weighted by molar-refractivity contribution is 0.256. The highest BCUT2D eigenvalue weighted by atomic mass is 32.1. The van der Waals surface area contributed by atoms with Gasteiger partial charge in [-0.1, -0.05) is 36.3 Å². The standard InChI is InChI=1S/C26H32N4S/c27-20-7-10-23-24(18-20)31-25(30-23)28-17-12-19-5-8-22(9-6-19)29-21-4-3-15-26(16-11-21)13-1-2-14-26/h5-10,18H,1-4,11-17,27H2,(H,28,30). The lowest BCUT2D eigenvalue weighted by atomic mass is 9.79. The van der Waals surface area contributed by atoms with E-state index in [1.807, 2.05) is 18.2 Å². The van der Waals surface area contributed by atoms with Crippen LogP contribution in [0.5, 0.6) is 0 Å². The molecule has 0 radical (unpaired) electrons. The minimum absolute atomic E-state index is 0.657. The Morgan fingerprint density at radius 3 is 2.61 bits per heavy atom.